The minimum absolute atomic E-state index is 0.176. The molecule has 4 aromatic carbocycles. The highest BCUT2D eigenvalue weighted by Gasteiger charge is 2.23. The molecular formula is C24H24BN. The first kappa shape index (κ1) is 16.9. The molecule has 0 aliphatic heterocycles. The fourth-order valence-corrected chi connectivity index (χ4v) is 3.75. The van der Waals surface area contributed by atoms with Gasteiger partial charge in [-0.3, -0.25) is 0 Å². The number of nitrogens with one attached hydrogen (secondary N) is 1. The largest absolute Gasteiger partial charge is 0.348 e. The number of hydrogen-bond donors (Lipinski definition) is 1. The summed E-state index contributed by atoms with van der Waals surface area (Å²) in [7, 11) is 0. The van der Waals surface area contributed by atoms with Crippen LogP contribution in [-0.4, -0.2) is 13.4 Å². The Bertz CT molecular complexity index is 948. The third-order valence-electron chi connectivity index (χ3n) is 5.00. The summed E-state index contributed by atoms with van der Waals surface area (Å²) >= 11 is 0. The van der Waals surface area contributed by atoms with Crippen molar-refractivity contribution in [3.05, 3.63) is 84.9 Å². The van der Waals surface area contributed by atoms with Crippen LogP contribution in [0.2, 0.25) is 0 Å². The van der Waals surface area contributed by atoms with Crippen molar-refractivity contribution >= 4 is 39.3 Å². The van der Waals surface area contributed by atoms with Gasteiger partial charge in [-0.05, 0) is 44.9 Å². The van der Waals surface area contributed by atoms with E-state index in [4.69, 9.17) is 0 Å². The molecule has 0 radical (unpaired) electrons. The first-order valence-electron chi connectivity index (χ1n) is 9.43. The molecule has 0 saturated carbocycles. The van der Waals surface area contributed by atoms with E-state index in [9.17, 15) is 0 Å². The number of fused-ring (bicyclic) bond motifs is 2. The van der Waals surface area contributed by atoms with E-state index in [2.05, 4.69) is 104 Å². The zero-order valence-corrected chi connectivity index (χ0v) is 15.4. The standard InChI is InChI=1S/C24H24BN/c1-18(2)17-26-25(23-15-7-11-19-9-3-5-13-21(19)23)24-16-8-12-20-10-4-6-14-22(20)24/h3-16,18,26H,17H2,1-2H3. The molecule has 1 N–H and O–H groups in total. The molecule has 128 valence electrons. The zero-order valence-electron chi connectivity index (χ0n) is 15.4. The molecule has 0 spiro atoms. The zero-order chi connectivity index (χ0) is 17.9. The lowest BCUT2D eigenvalue weighted by Crippen LogP contribution is -2.55. The van der Waals surface area contributed by atoms with Gasteiger partial charge in [-0.15, -0.1) is 0 Å². The van der Waals surface area contributed by atoms with E-state index in [0.29, 0.717) is 5.92 Å². The molecule has 0 aromatic heterocycles. The molecule has 0 bridgehead atoms. The second-order valence-corrected chi connectivity index (χ2v) is 7.37. The summed E-state index contributed by atoms with van der Waals surface area (Å²) in [6.07, 6.45) is 0. The molecule has 0 atom stereocenters. The van der Waals surface area contributed by atoms with Crippen LogP contribution in [0.25, 0.3) is 21.5 Å². The van der Waals surface area contributed by atoms with Crippen LogP contribution < -0.4 is 16.2 Å². The van der Waals surface area contributed by atoms with E-state index in [1.807, 2.05) is 0 Å². The molecule has 2 heteroatoms. The summed E-state index contributed by atoms with van der Waals surface area (Å²) < 4.78 is 0. The monoisotopic (exact) mass is 337 g/mol. The molecular weight excluding hydrogens is 313 g/mol. The summed E-state index contributed by atoms with van der Waals surface area (Å²) in [5, 5.41) is 9.07. The molecule has 0 amide bonds. The van der Waals surface area contributed by atoms with E-state index < -0.39 is 0 Å². The highest BCUT2D eigenvalue weighted by Crippen LogP contribution is 2.15. The lowest BCUT2D eigenvalue weighted by atomic mass is 9.49. The van der Waals surface area contributed by atoms with Crippen LogP contribution in [0, 0.1) is 5.92 Å². The third-order valence-corrected chi connectivity index (χ3v) is 5.00. The highest BCUT2D eigenvalue weighted by molar-refractivity contribution is 6.86. The minimum atomic E-state index is 0.176. The van der Waals surface area contributed by atoms with E-state index in [1.54, 1.807) is 0 Å². The third kappa shape index (κ3) is 3.25. The van der Waals surface area contributed by atoms with E-state index in [-0.39, 0.29) is 6.85 Å². The Kier molecular flexibility index (Phi) is 4.77. The van der Waals surface area contributed by atoms with Crippen LogP contribution in [0.15, 0.2) is 84.9 Å². The van der Waals surface area contributed by atoms with Crippen LogP contribution >= 0.6 is 0 Å². The fourth-order valence-electron chi connectivity index (χ4n) is 3.75. The average Bonchev–Trinajstić information content (AvgIpc) is 2.68. The number of benzene rings is 4. The number of hydrogen-bond acceptors (Lipinski definition) is 1. The topological polar surface area (TPSA) is 12.0 Å². The van der Waals surface area contributed by atoms with Crippen molar-refractivity contribution in [1.29, 1.82) is 0 Å². The Balaban J connectivity index is 1.92. The summed E-state index contributed by atoms with van der Waals surface area (Å²) in [6, 6.07) is 30.6. The van der Waals surface area contributed by atoms with Crippen LogP contribution in [0.5, 0.6) is 0 Å². The van der Waals surface area contributed by atoms with E-state index in [0.717, 1.165) is 6.54 Å². The molecule has 1 nitrogen and oxygen atoms in total. The van der Waals surface area contributed by atoms with Crippen molar-refractivity contribution in [3.63, 3.8) is 0 Å². The molecule has 4 rings (SSSR count). The maximum Gasteiger partial charge on any atom is 0.290 e. The SMILES string of the molecule is CC(C)CNB(c1cccc2ccccc12)c1cccc2ccccc12. The second-order valence-electron chi connectivity index (χ2n) is 7.37. The lowest BCUT2D eigenvalue weighted by Gasteiger charge is -2.21. The van der Waals surface area contributed by atoms with Crippen molar-refractivity contribution in [2.24, 2.45) is 5.92 Å². The predicted octanol–water partition coefficient (Wildman–Crippen LogP) is 4.34. The van der Waals surface area contributed by atoms with Crippen LogP contribution in [0.1, 0.15) is 13.8 Å². The van der Waals surface area contributed by atoms with Gasteiger partial charge in [0.1, 0.15) is 0 Å². The van der Waals surface area contributed by atoms with Gasteiger partial charge in [0.15, 0.2) is 0 Å². The van der Waals surface area contributed by atoms with Gasteiger partial charge in [-0.1, -0.05) is 98.8 Å². The van der Waals surface area contributed by atoms with Crippen molar-refractivity contribution < 1.29 is 0 Å². The minimum Gasteiger partial charge on any atom is -0.348 e. The molecule has 0 saturated heterocycles. The van der Waals surface area contributed by atoms with Crippen molar-refractivity contribution in [1.82, 2.24) is 5.23 Å². The Morgan fingerprint density at radius 1 is 0.654 bits per heavy atom. The summed E-state index contributed by atoms with van der Waals surface area (Å²) in [5.74, 6) is 0.599. The Labute approximate surface area is 156 Å². The molecule has 0 heterocycles. The Morgan fingerprint density at radius 3 is 1.62 bits per heavy atom. The van der Waals surface area contributed by atoms with Crippen LogP contribution in [-0.2, 0) is 0 Å². The molecule has 0 aliphatic rings. The fraction of sp³-hybridized carbons (Fsp3) is 0.167. The maximum absolute atomic E-state index is 3.84. The van der Waals surface area contributed by atoms with Gasteiger partial charge in [0, 0.05) is 0 Å². The second kappa shape index (κ2) is 7.35. The first-order chi connectivity index (χ1) is 12.7. The van der Waals surface area contributed by atoms with Gasteiger partial charge in [-0.2, -0.15) is 0 Å². The molecule has 0 fully saturated rings. The molecule has 0 unspecified atom stereocenters. The first-order valence-corrected chi connectivity index (χ1v) is 9.43. The van der Waals surface area contributed by atoms with Gasteiger partial charge in [0.25, 0.3) is 6.85 Å². The van der Waals surface area contributed by atoms with Crippen molar-refractivity contribution in [2.45, 2.75) is 13.8 Å². The van der Waals surface area contributed by atoms with Gasteiger partial charge in [-0.25, -0.2) is 0 Å². The summed E-state index contributed by atoms with van der Waals surface area (Å²) in [5.41, 5.74) is 2.69. The van der Waals surface area contributed by atoms with Gasteiger partial charge < -0.3 is 5.23 Å². The Hall–Kier alpha value is -2.58. The number of rotatable bonds is 5. The predicted molar refractivity (Wildman–Crippen MR) is 116 cm³/mol. The van der Waals surface area contributed by atoms with Gasteiger partial charge >= 0.3 is 0 Å². The van der Waals surface area contributed by atoms with E-state index in [1.165, 1.54) is 32.5 Å². The van der Waals surface area contributed by atoms with Gasteiger partial charge in [0.05, 0.1) is 0 Å². The maximum atomic E-state index is 3.84. The van der Waals surface area contributed by atoms with Crippen LogP contribution in [0.4, 0.5) is 0 Å². The smallest absolute Gasteiger partial charge is 0.290 e. The van der Waals surface area contributed by atoms with Crippen molar-refractivity contribution in [3.8, 4) is 0 Å². The summed E-state index contributed by atoms with van der Waals surface area (Å²) in [4.78, 5) is 0. The van der Waals surface area contributed by atoms with Crippen molar-refractivity contribution in [2.75, 3.05) is 6.54 Å². The van der Waals surface area contributed by atoms with E-state index >= 15 is 0 Å². The quantitative estimate of drug-likeness (QED) is 0.534. The van der Waals surface area contributed by atoms with Crippen LogP contribution in [0.3, 0.4) is 0 Å². The summed E-state index contributed by atoms with van der Waals surface area (Å²) in [6.45, 7) is 5.68. The molecule has 26 heavy (non-hydrogen) atoms. The average molecular weight is 337 g/mol. The van der Waals surface area contributed by atoms with Gasteiger partial charge in [0.2, 0.25) is 0 Å². The highest BCUT2D eigenvalue weighted by atomic mass is 14.8. The lowest BCUT2D eigenvalue weighted by molar-refractivity contribution is 0.632. The molecule has 0 aliphatic carbocycles. The Morgan fingerprint density at radius 2 is 1.12 bits per heavy atom. The normalized spacial score (nSPS) is 11.3. The molecule has 4 aromatic rings.